The van der Waals surface area contributed by atoms with E-state index in [1.165, 1.54) is 16.0 Å². The Morgan fingerprint density at radius 1 is 0.842 bits per heavy atom. The van der Waals surface area contributed by atoms with Gasteiger partial charge < -0.3 is 15.0 Å². The van der Waals surface area contributed by atoms with Crippen molar-refractivity contribution >= 4 is 23.5 Å². The highest BCUT2D eigenvalue weighted by Crippen LogP contribution is 2.30. The van der Waals surface area contributed by atoms with Gasteiger partial charge in [0.25, 0.3) is 11.8 Å². The predicted octanol–water partition coefficient (Wildman–Crippen LogP) is 4.26. The number of fused-ring (bicyclic) bond motifs is 1. The lowest BCUT2D eigenvalue weighted by Gasteiger charge is -2.39. The van der Waals surface area contributed by atoms with Crippen molar-refractivity contribution in [1.29, 1.82) is 0 Å². The average molecular weight is 513 g/mol. The number of anilines is 1. The first-order valence-corrected chi connectivity index (χ1v) is 13.0. The van der Waals surface area contributed by atoms with Crippen molar-refractivity contribution in [3.8, 4) is 0 Å². The molecular weight excluding hydrogens is 480 g/mol. The number of hydrogen-bond acceptors (Lipinski definition) is 5. The zero-order chi connectivity index (χ0) is 26.5. The first-order valence-electron chi connectivity index (χ1n) is 13.0. The van der Waals surface area contributed by atoms with Gasteiger partial charge in [-0.25, -0.2) is 4.79 Å². The van der Waals surface area contributed by atoms with Crippen LogP contribution in [0.4, 0.5) is 10.5 Å². The lowest BCUT2D eigenvalue weighted by Crippen LogP contribution is -2.51. The molecule has 1 N–H and O–H groups in total. The fourth-order valence-corrected chi connectivity index (χ4v) is 5.21. The van der Waals surface area contributed by atoms with Crippen LogP contribution in [0.15, 0.2) is 78.9 Å². The van der Waals surface area contributed by atoms with Gasteiger partial charge in [-0.2, -0.15) is 0 Å². The summed E-state index contributed by atoms with van der Waals surface area (Å²) in [6, 6.07) is 25.7. The lowest BCUT2D eigenvalue weighted by atomic mass is 9.96. The molecule has 0 aromatic heterocycles. The minimum absolute atomic E-state index is 0.120. The van der Waals surface area contributed by atoms with E-state index in [-0.39, 0.29) is 23.9 Å². The quantitative estimate of drug-likeness (QED) is 0.360. The molecule has 0 spiro atoms. The van der Waals surface area contributed by atoms with Gasteiger partial charge in [-0.3, -0.25) is 19.4 Å². The predicted molar refractivity (Wildman–Crippen MR) is 145 cm³/mol. The molecule has 0 radical (unpaired) electrons. The maximum absolute atomic E-state index is 13.1. The highest BCUT2D eigenvalue weighted by Gasteiger charge is 2.35. The van der Waals surface area contributed by atoms with Gasteiger partial charge in [0.1, 0.15) is 0 Å². The van der Waals surface area contributed by atoms with Crippen LogP contribution in [0.5, 0.6) is 0 Å². The lowest BCUT2D eigenvalue weighted by molar-refractivity contribution is 0.0638. The summed E-state index contributed by atoms with van der Waals surface area (Å²) in [7, 11) is 1.59. The number of amides is 4. The first kappa shape index (κ1) is 25.6. The Balaban J connectivity index is 1.22. The van der Waals surface area contributed by atoms with Gasteiger partial charge in [0.05, 0.1) is 17.2 Å². The van der Waals surface area contributed by atoms with E-state index in [1.54, 1.807) is 30.2 Å². The molecule has 8 nitrogen and oxygen atoms in total. The Morgan fingerprint density at radius 2 is 1.45 bits per heavy atom. The van der Waals surface area contributed by atoms with E-state index in [2.05, 4.69) is 58.7 Å². The number of rotatable bonds is 8. The van der Waals surface area contributed by atoms with Gasteiger partial charge in [0.15, 0.2) is 0 Å². The number of urea groups is 1. The third-order valence-electron chi connectivity index (χ3n) is 7.15. The Labute approximate surface area is 222 Å². The van der Waals surface area contributed by atoms with Crippen LogP contribution < -0.4 is 5.32 Å². The van der Waals surface area contributed by atoms with E-state index in [0.717, 1.165) is 13.1 Å². The van der Waals surface area contributed by atoms with Crippen molar-refractivity contribution in [2.45, 2.75) is 12.5 Å². The van der Waals surface area contributed by atoms with Crippen LogP contribution in [-0.2, 0) is 4.74 Å². The third-order valence-corrected chi connectivity index (χ3v) is 7.15. The summed E-state index contributed by atoms with van der Waals surface area (Å²) in [5, 5.41) is 2.92. The molecule has 1 fully saturated rings. The van der Waals surface area contributed by atoms with Gasteiger partial charge in [-0.15, -0.1) is 0 Å². The summed E-state index contributed by atoms with van der Waals surface area (Å²) in [6.07, 6.45) is 0.576. The van der Waals surface area contributed by atoms with Crippen LogP contribution >= 0.6 is 0 Å². The van der Waals surface area contributed by atoms with Gasteiger partial charge in [0, 0.05) is 52.1 Å². The minimum Gasteiger partial charge on any atom is -0.385 e. The molecule has 0 saturated carbocycles. The fourth-order valence-electron chi connectivity index (χ4n) is 5.21. The number of hydrogen-bond donors (Lipinski definition) is 1. The van der Waals surface area contributed by atoms with Gasteiger partial charge in [-0.1, -0.05) is 60.7 Å². The number of benzene rings is 3. The van der Waals surface area contributed by atoms with E-state index in [0.29, 0.717) is 49.5 Å². The summed E-state index contributed by atoms with van der Waals surface area (Å²) >= 11 is 0. The van der Waals surface area contributed by atoms with Crippen molar-refractivity contribution < 1.29 is 19.1 Å². The van der Waals surface area contributed by atoms with Gasteiger partial charge in [0.2, 0.25) is 0 Å². The van der Waals surface area contributed by atoms with Crippen LogP contribution in [0.3, 0.4) is 0 Å². The molecule has 3 aromatic rings. The molecule has 0 aliphatic carbocycles. The smallest absolute Gasteiger partial charge is 0.321 e. The van der Waals surface area contributed by atoms with Crippen molar-refractivity contribution in [3.63, 3.8) is 0 Å². The number of methoxy groups -OCH3 is 1. The summed E-state index contributed by atoms with van der Waals surface area (Å²) in [5.74, 6) is -0.639. The molecule has 0 unspecified atom stereocenters. The van der Waals surface area contributed by atoms with Crippen LogP contribution in [0.1, 0.15) is 44.3 Å². The molecule has 2 aliphatic rings. The average Bonchev–Trinajstić information content (AvgIpc) is 3.19. The molecule has 38 heavy (non-hydrogen) atoms. The number of carbonyl (C=O) groups is 3. The van der Waals surface area contributed by atoms with E-state index >= 15 is 0 Å². The summed E-state index contributed by atoms with van der Waals surface area (Å²) in [4.78, 5) is 44.0. The van der Waals surface area contributed by atoms with Crippen molar-refractivity contribution in [2.75, 3.05) is 51.8 Å². The van der Waals surface area contributed by atoms with Gasteiger partial charge in [-0.05, 0) is 35.7 Å². The molecule has 5 rings (SSSR count). The van der Waals surface area contributed by atoms with Crippen LogP contribution in [0.2, 0.25) is 0 Å². The summed E-state index contributed by atoms with van der Waals surface area (Å²) in [5.41, 5.74) is 3.65. The largest absolute Gasteiger partial charge is 0.385 e. The highest BCUT2D eigenvalue weighted by atomic mass is 16.5. The maximum atomic E-state index is 13.1. The number of nitrogens with zero attached hydrogens (tertiary/aromatic N) is 3. The van der Waals surface area contributed by atoms with Crippen LogP contribution in [-0.4, -0.2) is 79.0 Å². The van der Waals surface area contributed by atoms with E-state index in [1.807, 2.05) is 12.1 Å². The van der Waals surface area contributed by atoms with Crippen molar-refractivity contribution in [2.24, 2.45) is 0 Å². The number of piperazine rings is 1. The second-order valence-electron chi connectivity index (χ2n) is 9.55. The number of carbonyl (C=O) groups excluding carboxylic acids is 3. The standard InChI is InChI=1S/C30H32N4O4/c1-38-20-8-15-34-28(35)25-14-13-24(21-26(25)29(34)36)31-30(37)33-18-16-32(17-19-33)27(22-9-4-2-5-10-22)23-11-6-3-7-12-23/h2-7,9-14,21,27H,8,15-20H2,1H3,(H,31,37). The molecule has 2 aliphatic heterocycles. The molecule has 1 saturated heterocycles. The SMILES string of the molecule is COCCCN1C(=O)c2ccc(NC(=O)N3CCN(C(c4ccccc4)c4ccccc4)CC3)cc2C1=O. The van der Waals surface area contributed by atoms with Crippen molar-refractivity contribution in [3.05, 3.63) is 101 Å². The zero-order valence-corrected chi connectivity index (χ0v) is 21.5. The Hall–Kier alpha value is -4.01. The Morgan fingerprint density at radius 3 is 2.05 bits per heavy atom. The fraction of sp³-hybridized carbons (Fsp3) is 0.300. The monoisotopic (exact) mass is 512 g/mol. The second-order valence-corrected chi connectivity index (χ2v) is 9.55. The summed E-state index contributed by atoms with van der Waals surface area (Å²) < 4.78 is 5.03. The number of nitrogens with one attached hydrogen (secondary N) is 1. The molecule has 196 valence electrons. The number of imide groups is 1. The molecular formula is C30H32N4O4. The van der Waals surface area contributed by atoms with Gasteiger partial charge >= 0.3 is 6.03 Å². The summed E-state index contributed by atoms with van der Waals surface area (Å²) in [6.45, 7) is 3.40. The topological polar surface area (TPSA) is 82.2 Å². The molecule has 3 aromatic carbocycles. The second kappa shape index (κ2) is 11.6. The third kappa shape index (κ3) is 5.32. The van der Waals surface area contributed by atoms with Crippen molar-refractivity contribution in [1.82, 2.24) is 14.7 Å². The molecule has 0 atom stereocenters. The minimum atomic E-state index is -0.335. The molecule has 8 heteroatoms. The van der Waals surface area contributed by atoms with Crippen LogP contribution in [0.25, 0.3) is 0 Å². The van der Waals surface area contributed by atoms with E-state index in [4.69, 9.17) is 4.74 Å². The molecule has 4 amide bonds. The maximum Gasteiger partial charge on any atom is 0.321 e. The molecule has 0 bridgehead atoms. The Bertz CT molecular complexity index is 1250. The normalized spacial score (nSPS) is 15.7. The van der Waals surface area contributed by atoms with E-state index < -0.39 is 0 Å². The van der Waals surface area contributed by atoms with Crippen LogP contribution in [0, 0.1) is 0 Å². The molecule has 2 heterocycles. The highest BCUT2D eigenvalue weighted by molar-refractivity contribution is 6.21. The van der Waals surface area contributed by atoms with E-state index in [9.17, 15) is 14.4 Å². The number of ether oxygens (including phenoxy) is 1. The first-order chi connectivity index (χ1) is 18.6. The Kier molecular flexibility index (Phi) is 7.81. The zero-order valence-electron chi connectivity index (χ0n) is 21.5.